The molecule has 0 amide bonds. The highest BCUT2D eigenvalue weighted by molar-refractivity contribution is 5.07. The molecule has 0 spiro atoms. The Morgan fingerprint density at radius 3 is 3.00 bits per heavy atom. The Labute approximate surface area is 108 Å². The SMILES string of the molecule is CN/C=C\C=C\CN1C=CN(Cc2ccc[nH]2)C1. The van der Waals surface area contributed by atoms with Crippen LogP contribution in [-0.4, -0.2) is 35.0 Å². The first-order valence-electron chi connectivity index (χ1n) is 6.16. The number of hydrogen-bond donors (Lipinski definition) is 2. The molecule has 0 saturated heterocycles. The number of allylic oxidation sites excluding steroid dienone is 2. The third-order valence-electron chi connectivity index (χ3n) is 2.74. The fraction of sp³-hybridized carbons (Fsp3) is 0.286. The zero-order valence-electron chi connectivity index (χ0n) is 10.7. The van der Waals surface area contributed by atoms with Crippen molar-refractivity contribution in [1.29, 1.82) is 0 Å². The number of H-pyrrole nitrogens is 1. The Balaban J connectivity index is 1.71. The van der Waals surface area contributed by atoms with Gasteiger partial charge in [-0.3, -0.25) is 0 Å². The first-order chi connectivity index (χ1) is 8.88. The van der Waals surface area contributed by atoms with Crippen molar-refractivity contribution in [3.8, 4) is 0 Å². The monoisotopic (exact) mass is 244 g/mol. The lowest BCUT2D eigenvalue weighted by atomic mass is 10.4. The normalized spacial score (nSPS) is 15.4. The minimum Gasteiger partial charge on any atom is -0.394 e. The van der Waals surface area contributed by atoms with E-state index in [1.165, 1.54) is 5.69 Å². The predicted octanol–water partition coefficient (Wildman–Crippen LogP) is 1.85. The lowest BCUT2D eigenvalue weighted by molar-refractivity contribution is 0.273. The smallest absolute Gasteiger partial charge is 0.0901 e. The number of nitrogens with zero attached hydrogens (tertiary/aromatic N) is 2. The van der Waals surface area contributed by atoms with Gasteiger partial charge in [0.2, 0.25) is 0 Å². The maximum Gasteiger partial charge on any atom is 0.0901 e. The number of hydrogen-bond acceptors (Lipinski definition) is 3. The molecule has 0 radical (unpaired) electrons. The number of nitrogens with one attached hydrogen (secondary N) is 2. The molecule has 18 heavy (non-hydrogen) atoms. The molecular weight excluding hydrogens is 224 g/mol. The molecule has 2 heterocycles. The van der Waals surface area contributed by atoms with Crippen molar-refractivity contribution < 1.29 is 0 Å². The van der Waals surface area contributed by atoms with Gasteiger partial charge in [0.15, 0.2) is 0 Å². The van der Waals surface area contributed by atoms with Gasteiger partial charge in [0.1, 0.15) is 0 Å². The van der Waals surface area contributed by atoms with Crippen LogP contribution in [-0.2, 0) is 6.54 Å². The van der Waals surface area contributed by atoms with Gasteiger partial charge in [-0.2, -0.15) is 0 Å². The molecule has 0 bridgehead atoms. The molecule has 1 aliphatic heterocycles. The van der Waals surface area contributed by atoms with Crippen LogP contribution < -0.4 is 5.32 Å². The molecular formula is C14H20N4. The van der Waals surface area contributed by atoms with Gasteiger partial charge in [-0.15, -0.1) is 0 Å². The van der Waals surface area contributed by atoms with E-state index in [4.69, 9.17) is 0 Å². The Morgan fingerprint density at radius 2 is 2.22 bits per heavy atom. The summed E-state index contributed by atoms with van der Waals surface area (Å²) in [5, 5.41) is 2.96. The summed E-state index contributed by atoms with van der Waals surface area (Å²) in [4.78, 5) is 7.77. The lowest BCUT2D eigenvalue weighted by Gasteiger charge is -2.19. The first kappa shape index (κ1) is 12.4. The quantitative estimate of drug-likeness (QED) is 0.749. The lowest BCUT2D eigenvalue weighted by Crippen LogP contribution is -2.25. The van der Waals surface area contributed by atoms with E-state index in [2.05, 4.69) is 50.7 Å². The van der Waals surface area contributed by atoms with Gasteiger partial charge in [0.25, 0.3) is 0 Å². The van der Waals surface area contributed by atoms with Gasteiger partial charge >= 0.3 is 0 Å². The Hall–Kier alpha value is -2.10. The molecule has 0 aromatic carbocycles. The highest BCUT2D eigenvalue weighted by Gasteiger charge is 2.10. The Morgan fingerprint density at radius 1 is 1.33 bits per heavy atom. The van der Waals surface area contributed by atoms with Gasteiger partial charge in [-0.1, -0.05) is 12.2 Å². The Kier molecular flexibility index (Phi) is 4.53. The van der Waals surface area contributed by atoms with E-state index >= 15 is 0 Å². The highest BCUT2D eigenvalue weighted by Crippen LogP contribution is 2.10. The van der Waals surface area contributed by atoms with E-state index in [1.54, 1.807) is 0 Å². The van der Waals surface area contributed by atoms with Crippen LogP contribution in [0, 0.1) is 0 Å². The minimum absolute atomic E-state index is 0.934. The summed E-state index contributed by atoms with van der Waals surface area (Å²) < 4.78 is 0. The Bertz CT molecular complexity index is 417. The van der Waals surface area contributed by atoms with Crippen LogP contribution in [0.1, 0.15) is 5.69 Å². The summed E-state index contributed by atoms with van der Waals surface area (Å²) in [5.74, 6) is 0. The van der Waals surface area contributed by atoms with Crippen molar-refractivity contribution >= 4 is 0 Å². The van der Waals surface area contributed by atoms with Crippen LogP contribution in [0.15, 0.2) is 55.2 Å². The van der Waals surface area contributed by atoms with Crippen molar-refractivity contribution in [2.45, 2.75) is 6.54 Å². The van der Waals surface area contributed by atoms with Crippen LogP contribution in [0.25, 0.3) is 0 Å². The molecule has 0 aliphatic carbocycles. The largest absolute Gasteiger partial charge is 0.394 e. The topological polar surface area (TPSA) is 34.3 Å². The standard InChI is InChI=1S/C14H20N4/c1-15-7-3-2-4-9-17-10-11-18(13-17)12-14-6-5-8-16-14/h2-8,10-11,15-16H,9,12-13H2,1H3/b4-2+,7-3-. The van der Waals surface area contributed by atoms with E-state index in [0.29, 0.717) is 0 Å². The summed E-state index contributed by atoms with van der Waals surface area (Å²) in [6.45, 7) is 2.81. The van der Waals surface area contributed by atoms with E-state index in [9.17, 15) is 0 Å². The second-order valence-electron chi connectivity index (χ2n) is 4.23. The molecule has 96 valence electrons. The molecule has 0 unspecified atom stereocenters. The average molecular weight is 244 g/mol. The maximum atomic E-state index is 3.22. The number of aromatic amines is 1. The molecule has 0 saturated carbocycles. The van der Waals surface area contributed by atoms with Gasteiger partial charge in [-0.25, -0.2) is 0 Å². The fourth-order valence-electron chi connectivity index (χ4n) is 1.85. The van der Waals surface area contributed by atoms with Crippen LogP contribution in [0.2, 0.25) is 0 Å². The third-order valence-corrected chi connectivity index (χ3v) is 2.74. The molecule has 0 fully saturated rings. The van der Waals surface area contributed by atoms with Gasteiger partial charge in [-0.05, 0) is 24.4 Å². The zero-order chi connectivity index (χ0) is 12.6. The molecule has 1 aromatic rings. The fourth-order valence-corrected chi connectivity index (χ4v) is 1.85. The van der Waals surface area contributed by atoms with Crippen LogP contribution in [0.4, 0.5) is 0 Å². The maximum absolute atomic E-state index is 3.22. The summed E-state index contributed by atoms with van der Waals surface area (Å²) in [5.41, 5.74) is 1.24. The van der Waals surface area contributed by atoms with Crippen molar-refractivity contribution in [2.24, 2.45) is 0 Å². The molecule has 0 atom stereocenters. The predicted molar refractivity (Wildman–Crippen MR) is 74.4 cm³/mol. The number of aromatic nitrogens is 1. The molecule has 4 heteroatoms. The first-order valence-corrected chi connectivity index (χ1v) is 6.16. The summed E-state index contributed by atoms with van der Waals surface area (Å²) in [6.07, 6.45) is 14.3. The average Bonchev–Trinajstić information content (AvgIpc) is 3.02. The minimum atomic E-state index is 0.934. The summed E-state index contributed by atoms with van der Waals surface area (Å²) in [6, 6.07) is 4.14. The van der Waals surface area contributed by atoms with E-state index < -0.39 is 0 Å². The van der Waals surface area contributed by atoms with Gasteiger partial charge in [0.05, 0.1) is 13.2 Å². The second-order valence-corrected chi connectivity index (χ2v) is 4.23. The second kappa shape index (κ2) is 6.59. The molecule has 2 rings (SSSR count). The molecule has 1 aliphatic rings. The third kappa shape index (κ3) is 3.73. The van der Waals surface area contributed by atoms with E-state index in [1.807, 2.05) is 31.6 Å². The van der Waals surface area contributed by atoms with Gasteiger partial charge in [0, 0.05) is 37.9 Å². The zero-order valence-corrected chi connectivity index (χ0v) is 10.7. The number of rotatable bonds is 6. The van der Waals surface area contributed by atoms with Crippen molar-refractivity contribution in [2.75, 3.05) is 20.3 Å². The summed E-state index contributed by atoms with van der Waals surface area (Å²) in [7, 11) is 1.89. The summed E-state index contributed by atoms with van der Waals surface area (Å²) >= 11 is 0. The van der Waals surface area contributed by atoms with Gasteiger partial charge < -0.3 is 20.1 Å². The van der Waals surface area contributed by atoms with Crippen LogP contribution in [0.3, 0.4) is 0 Å². The van der Waals surface area contributed by atoms with Crippen LogP contribution in [0.5, 0.6) is 0 Å². The van der Waals surface area contributed by atoms with Crippen molar-refractivity contribution in [1.82, 2.24) is 20.1 Å². The molecule has 2 N–H and O–H groups in total. The van der Waals surface area contributed by atoms with Crippen LogP contribution >= 0.6 is 0 Å². The van der Waals surface area contributed by atoms with E-state index in [0.717, 1.165) is 19.8 Å². The van der Waals surface area contributed by atoms with E-state index in [-0.39, 0.29) is 0 Å². The highest BCUT2D eigenvalue weighted by atomic mass is 15.3. The van der Waals surface area contributed by atoms with Crippen molar-refractivity contribution in [3.63, 3.8) is 0 Å². The molecule has 4 nitrogen and oxygen atoms in total. The molecule has 1 aromatic heterocycles. The van der Waals surface area contributed by atoms with Crippen molar-refractivity contribution in [3.05, 3.63) is 60.9 Å².